The largest absolute Gasteiger partial charge is 0.480 e. The van der Waals surface area contributed by atoms with Gasteiger partial charge >= 0.3 is 5.97 Å². The van der Waals surface area contributed by atoms with E-state index in [1.54, 1.807) is 11.8 Å². The van der Waals surface area contributed by atoms with Gasteiger partial charge in [-0.25, -0.2) is 9.78 Å². The molecule has 0 radical (unpaired) electrons. The van der Waals surface area contributed by atoms with Crippen LogP contribution in [0.25, 0.3) is 5.65 Å². The number of amides is 1. The fourth-order valence-corrected chi connectivity index (χ4v) is 2.83. The number of aromatic nitrogens is 2. The Morgan fingerprint density at radius 3 is 2.95 bits per heavy atom. The molecule has 2 rings (SSSR count). The van der Waals surface area contributed by atoms with Crippen LogP contribution in [-0.2, 0) is 15.3 Å². The number of carboxylic acid groups (broad SMARTS) is 1. The molecule has 2 aromatic heterocycles. The van der Waals surface area contributed by atoms with Crippen LogP contribution in [0.3, 0.4) is 0 Å². The van der Waals surface area contributed by atoms with Gasteiger partial charge in [0.1, 0.15) is 11.7 Å². The molecular weight excluding hydrogens is 290 g/mol. The number of fused-ring (bicyclic) bond motifs is 1. The van der Waals surface area contributed by atoms with Crippen LogP contribution in [0.15, 0.2) is 30.6 Å². The molecule has 0 fully saturated rings. The summed E-state index contributed by atoms with van der Waals surface area (Å²) in [5, 5.41) is 11.4. The zero-order chi connectivity index (χ0) is 15.2. The molecular formula is C14H17N3O3S. The lowest BCUT2D eigenvalue weighted by molar-refractivity contribution is -0.141. The second kappa shape index (κ2) is 7.12. The number of pyridine rings is 1. The predicted molar refractivity (Wildman–Crippen MR) is 81.2 cm³/mol. The highest BCUT2D eigenvalue weighted by Gasteiger charge is 2.17. The van der Waals surface area contributed by atoms with Crippen LogP contribution in [0.2, 0.25) is 0 Å². The fraction of sp³-hybridized carbons (Fsp3) is 0.357. The number of rotatable bonds is 7. The average molecular weight is 307 g/mol. The third-order valence-electron chi connectivity index (χ3n) is 2.89. The van der Waals surface area contributed by atoms with Gasteiger partial charge in [-0.2, -0.15) is 11.8 Å². The number of carbonyl (C=O) groups excluding carboxylic acids is 1. The van der Waals surface area contributed by atoms with Crippen molar-refractivity contribution in [2.45, 2.75) is 25.1 Å². The van der Waals surface area contributed by atoms with Gasteiger partial charge in [0.15, 0.2) is 0 Å². The minimum absolute atomic E-state index is 0.326. The van der Waals surface area contributed by atoms with E-state index in [-0.39, 0.29) is 5.91 Å². The Morgan fingerprint density at radius 1 is 1.48 bits per heavy atom. The SMILES string of the molecule is CC(=O)NC(CCSCc1cn2ccccc2n1)C(=O)O. The number of nitrogens with zero attached hydrogens (tertiary/aromatic N) is 2. The summed E-state index contributed by atoms with van der Waals surface area (Å²) in [6, 6.07) is 4.99. The summed E-state index contributed by atoms with van der Waals surface area (Å²) in [4.78, 5) is 26.4. The molecule has 1 amide bonds. The van der Waals surface area contributed by atoms with Crippen molar-refractivity contribution >= 4 is 29.3 Å². The maximum absolute atomic E-state index is 11.0. The van der Waals surface area contributed by atoms with Gasteiger partial charge in [0.25, 0.3) is 0 Å². The van der Waals surface area contributed by atoms with Gasteiger partial charge in [-0.05, 0) is 24.3 Å². The van der Waals surface area contributed by atoms with Crippen molar-refractivity contribution in [3.63, 3.8) is 0 Å². The van der Waals surface area contributed by atoms with Crippen LogP contribution in [-0.4, -0.2) is 38.2 Å². The second-order valence-electron chi connectivity index (χ2n) is 4.63. The number of carboxylic acids is 1. The van der Waals surface area contributed by atoms with E-state index in [1.165, 1.54) is 6.92 Å². The first-order valence-corrected chi connectivity index (χ1v) is 7.72. The van der Waals surface area contributed by atoms with Crippen LogP contribution < -0.4 is 5.32 Å². The van der Waals surface area contributed by atoms with Crippen molar-refractivity contribution in [1.29, 1.82) is 0 Å². The first-order chi connectivity index (χ1) is 10.1. The van der Waals surface area contributed by atoms with Crippen molar-refractivity contribution in [2.75, 3.05) is 5.75 Å². The van der Waals surface area contributed by atoms with E-state index in [0.29, 0.717) is 17.9 Å². The van der Waals surface area contributed by atoms with E-state index in [9.17, 15) is 9.59 Å². The first kappa shape index (κ1) is 15.4. The highest BCUT2D eigenvalue weighted by atomic mass is 32.2. The van der Waals surface area contributed by atoms with Gasteiger partial charge in [0.05, 0.1) is 5.69 Å². The Balaban J connectivity index is 1.80. The number of imidazole rings is 1. The molecule has 0 bridgehead atoms. The second-order valence-corrected chi connectivity index (χ2v) is 5.74. The van der Waals surface area contributed by atoms with Crippen LogP contribution in [0.1, 0.15) is 19.0 Å². The lowest BCUT2D eigenvalue weighted by atomic mass is 10.2. The zero-order valence-corrected chi connectivity index (χ0v) is 12.5. The van der Waals surface area contributed by atoms with E-state index in [0.717, 1.165) is 11.3 Å². The third kappa shape index (κ3) is 4.49. The standard InChI is InChI=1S/C14H17N3O3S/c1-10(18)15-12(14(19)20)5-7-21-9-11-8-17-6-3-2-4-13(17)16-11/h2-4,6,8,12H,5,7,9H2,1H3,(H,15,18)(H,19,20). The summed E-state index contributed by atoms with van der Waals surface area (Å²) in [6.07, 6.45) is 4.30. The Kier molecular flexibility index (Phi) is 5.21. The average Bonchev–Trinajstić information content (AvgIpc) is 2.84. The molecule has 0 saturated carbocycles. The monoisotopic (exact) mass is 307 g/mol. The number of thioether (sulfide) groups is 1. The zero-order valence-electron chi connectivity index (χ0n) is 11.7. The summed E-state index contributed by atoms with van der Waals surface area (Å²) >= 11 is 1.60. The molecule has 7 heteroatoms. The van der Waals surface area contributed by atoms with Gasteiger partial charge in [0, 0.05) is 25.1 Å². The molecule has 2 aromatic rings. The van der Waals surface area contributed by atoms with Gasteiger partial charge in [-0.3, -0.25) is 4.79 Å². The van der Waals surface area contributed by atoms with Gasteiger partial charge < -0.3 is 14.8 Å². The third-order valence-corrected chi connectivity index (χ3v) is 3.91. The fourth-order valence-electron chi connectivity index (χ4n) is 1.94. The lowest BCUT2D eigenvalue weighted by Crippen LogP contribution is -2.39. The molecule has 21 heavy (non-hydrogen) atoms. The number of aliphatic carboxylic acids is 1. The number of hydrogen-bond acceptors (Lipinski definition) is 4. The molecule has 1 atom stereocenters. The minimum atomic E-state index is -1.00. The smallest absolute Gasteiger partial charge is 0.326 e. The number of hydrogen-bond donors (Lipinski definition) is 2. The van der Waals surface area contributed by atoms with E-state index in [2.05, 4.69) is 10.3 Å². The topological polar surface area (TPSA) is 83.7 Å². The molecule has 112 valence electrons. The molecule has 0 saturated heterocycles. The Labute approximate surface area is 126 Å². The predicted octanol–water partition coefficient (Wildman–Crippen LogP) is 1.55. The summed E-state index contributed by atoms with van der Waals surface area (Å²) < 4.78 is 1.95. The molecule has 2 N–H and O–H groups in total. The molecule has 0 aliphatic rings. The Hall–Kier alpha value is -2.02. The minimum Gasteiger partial charge on any atom is -0.480 e. The Morgan fingerprint density at radius 2 is 2.29 bits per heavy atom. The molecule has 1 unspecified atom stereocenters. The van der Waals surface area contributed by atoms with Crippen molar-refractivity contribution in [3.05, 3.63) is 36.3 Å². The number of nitrogens with one attached hydrogen (secondary N) is 1. The lowest BCUT2D eigenvalue weighted by Gasteiger charge is -2.12. The van der Waals surface area contributed by atoms with Crippen molar-refractivity contribution in [2.24, 2.45) is 0 Å². The maximum Gasteiger partial charge on any atom is 0.326 e. The van der Waals surface area contributed by atoms with Crippen LogP contribution in [0.4, 0.5) is 0 Å². The van der Waals surface area contributed by atoms with Crippen LogP contribution in [0.5, 0.6) is 0 Å². The van der Waals surface area contributed by atoms with Gasteiger partial charge in [-0.1, -0.05) is 6.07 Å². The van der Waals surface area contributed by atoms with E-state index < -0.39 is 12.0 Å². The van der Waals surface area contributed by atoms with Crippen LogP contribution >= 0.6 is 11.8 Å². The highest BCUT2D eigenvalue weighted by molar-refractivity contribution is 7.98. The molecule has 2 heterocycles. The quantitative estimate of drug-likeness (QED) is 0.758. The van der Waals surface area contributed by atoms with Gasteiger partial charge in [-0.15, -0.1) is 0 Å². The van der Waals surface area contributed by atoms with Crippen molar-refractivity contribution < 1.29 is 14.7 Å². The van der Waals surface area contributed by atoms with Gasteiger partial charge in [0.2, 0.25) is 5.91 Å². The summed E-state index contributed by atoms with van der Waals surface area (Å²) in [5.41, 5.74) is 1.85. The van der Waals surface area contributed by atoms with Crippen molar-refractivity contribution in [3.8, 4) is 0 Å². The van der Waals surface area contributed by atoms with E-state index in [4.69, 9.17) is 5.11 Å². The normalized spacial score (nSPS) is 12.2. The molecule has 0 aromatic carbocycles. The molecule has 0 aliphatic carbocycles. The summed E-state index contributed by atoms with van der Waals surface area (Å²) in [7, 11) is 0. The van der Waals surface area contributed by atoms with E-state index >= 15 is 0 Å². The Bertz CT molecular complexity index is 608. The van der Waals surface area contributed by atoms with Crippen molar-refractivity contribution in [1.82, 2.24) is 14.7 Å². The van der Waals surface area contributed by atoms with E-state index in [1.807, 2.05) is 35.0 Å². The highest BCUT2D eigenvalue weighted by Crippen LogP contribution is 2.14. The maximum atomic E-state index is 11.0. The molecule has 6 nitrogen and oxygen atoms in total. The summed E-state index contributed by atoms with van der Waals surface area (Å²) in [5.74, 6) is 0.0328. The van der Waals surface area contributed by atoms with Crippen LogP contribution in [0, 0.1) is 0 Å². The molecule has 0 spiro atoms. The number of carbonyl (C=O) groups is 2. The summed E-state index contributed by atoms with van der Waals surface area (Å²) in [6.45, 7) is 1.32. The molecule has 0 aliphatic heterocycles. The first-order valence-electron chi connectivity index (χ1n) is 6.56.